The third kappa shape index (κ3) is 3.94. The van der Waals surface area contributed by atoms with Gasteiger partial charge < -0.3 is 10.2 Å². The van der Waals surface area contributed by atoms with Gasteiger partial charge in [-0.05, 0) is 62.7 Å². The van der Waals surface area contributed by atoms with Gasteiger partial charge in [-0.15, -0.1) is 11.8 Å². The summed E-state index contributed by atoms with van der Waals surface area (Å²) in [5.41, 5.74) is 3.51. The van der Waals surface area contributed by atoms with Gasteiger partial charge in [0, 0.05) is 41.7 Å². The third-order valence-electron chi connectivity index (χ3n) is 4.52. The summed E-state index contributed by atoms with van der Waals surface area (Å²) in [6.07, 6.45) is 0. The van der Waals surface area contributed by atoms with Crippen LogP contribution >= 0.6 is 11.8 Å². The zero-order chi connectivity index (χ0) is 18.7. The molecule has 0 saturated heterocycles. The topological polar surface area (TPSA) is 61.4 Å². The van der Waals surface area contributed by atoms with E-state index in [4.69, 9.17) is 0 Å². The minimum atomic E-state index is -3.63. The Hall–Kier alpha value is -1.86. The summed E-state index contributed by atoms with van der Waals surface area (Å²) in [6.45, 7) is 8.83. The van der Waals surface area contributed by atoms with Crippen molar-refractivity contribution in [1.82, 2.24) is 0 Å². The molecule has 0 fully saturated rings. The lowest BCUT2D eigenvalue weighted by Gasteiger charge is -2.22. The maximum absolute atomic E-state index is 12.8. The van der Waals surface area contributed by atoms with Crippen molar-refractivity contribution in [3.8, 4) is 0 Å². The van der Waals surface area contributed by atoms with Crippen molar-refractivity contribution < 1.29 is 8.42 Å². The molecule has 0 radical (unpaired) electrons. The molecule has 2 aromatic carbocycles. The highest BCUT2D eigenvalue weighted by atomic mass is 32.2. The van der Waals surface area contributed by atoms with Crippen molar-refractivity contribution in [1.29, 1.82) is 0 Å². The Morgan fingerprint density at radius 2 is 1.92 bits per heavy atom. The molecular weight excluding hydrogens is 366 g/mol. The molecule has 0 aromatic heterocycles. The molecule has 1 aliphatic rings. The van der Waals surface area contributed by atoms with Crippen LogP contribution in [-0.2, 0) is 10.0 Å². The van der Waals surface area contributed by atoms with E-state index in [1.807, 2.05) is 31.2 Å². The minimum absolute atomic E-state index is 0.276. The molecule has 2 aromatic rings. The molecule has 0 amide bonds. The first-order valence-corrected chi connectivity index (χ1v) is 11.3. The molecule has 0 aliphatic carbocycles. The van der Waals surface area contributed by atoms with E-state index < -0.39 is 10.0 Å². The molecule has 140 valence electrons. The van der Waals surface area contributed by atoms with Crippen molar-refractivity contribution in [2.24, 2.45) is 0 Å². The summed E-state index contributed by atoms with van der Waals surface area (Å²) in [7, 11) is -3.63. The van der Waals surface area contributed by atoms with Gasteiger partial charge in [-0.3, -0.25) is 4.72 Å². The first-order chi connectivity index (χ1) is 12.4. The Labute approximate surface area is 160 Å². The fourth-order valence-electron chi connectivity index (χ4n) is 3.04. The van der Waals surface area contributed by atoms with Gasteiger partial charge in [0.15, 0.2) is 0 Å². The monoisotopic (exact) mass is 391 g/mol. The van der Waals surface area contributed by atoms with Crippen molar-refractivity contribution in [3.05, 3.63) is 42.0 Å². The van der Waals surface area contributed by atoms with Gasteiger partial charge in [0.25, 0.3) is 10.0 Å². The van der Waals surface area contributed by atoms with Crippen LogP contribution in [-0.4, -0.2) is 33.8 Å². The number of thioether (sulfide) groups is 1. The number of anilines is 3. The van der Waals surface area contributed by atoms with E-state index in [0.29, 0.717) is 5.69 Å². The van der Waals surface area contributed by atoms with Crippen LogP contribution < -0.4 is 14.9 Å². The van der Waals surface area contributed by atoms with Gasteiger partial charge in [-0.1, -0.05) is 0 Å². The predicted octanol–water partition coefficient (Wildman–Crippen LogP) is 4.16. The van der Waals surface area contributed by atoms with Crippen LogP contribution in [0.1, 0.15) is 19.4 Å². The second-order valence-electron chi connectivity index (χ2n) is 6.21. The molecule has 0 saturated carbocycles. The summed E-state index contributed by atoms with van der Waals surface area (Å²) >= 11 is 1.74. The second-order valence-corrected chi connectivity index (χ2v) is 9.03. The number of sulfonamides is 1. The van der Waals surface area contributed by atoms with Crippen LogP contribution in [0.4, 0.5) is 17.1 Å². The summed E-state index contributed by atoms with van der Waals surface area (Å²) in [4.78, 5) is 3.60. The highest BCUT2D eigenvalue weighted by molar-refractivity contribution is 7.99. The molecule has 5 nitrogen and oxygen atoms in total. The van der Waals surface area contributed by atoms with Gasteiger partial charge in [0.05, 0.1) is 10.6 Å². The lowest BCUT2D eigenvalue weighted by atomic mass is 10.1. The van der Waals surface area contributed by atoms with Crippen LogP contribution in [0, 0.1) is 6.92 Å². The lowest BCUT2D eigenvalue weighted by molar-refractivity contribution is 0.601. The molecule has 3 rings (SSSR count). The molecule has 0 bridgehead atoms. The van der Waals surface area contributed by atoms with Crippen molar-refractivity contribution in [2.45, 2.75) is 30.6 Å². The smallest absolute Gasteiger partial charge is 0.261 e. The number of hydrogen-bond donors (Lipinski definition) is 2. The molecule has 0 unspecified atom stereocenters. The number of rotatable bonds is 6. The summed E-state index contributed by atoms with van der Waals surface area (Å²) < 4.78 is 28.4. The standard InChI is InChI=1S/C19H25N3O2S2/c1-4-22(5-2)15-6-8-17(14(3)12-15)21-26(23,24)16-7-9-19-18(13-16)20-10-11-25-19/h6-9,12-13,20-21H,4-5,10-11H2,1-3H3. The second kappa shape index (κ2) is 7.80. The van der Waals surface area contributed by atoms with Gasteiger partial charge in [0.2, 0.25) is 0 Å². The quantitative estimate of drug-likeness (QED) is 0.774. The van der Waals surface area contributed by atoms with Crippen LogP contribution in [0.5, 0.6) is 0 Å². The highest BCUT2D eigenvalue weighted by Crippen LogP contribution is 2.33. The van der Waals surface area contributed by atoms with Crippen LogP contribution in [0.2, 0.25) is 0 Å². The molecule has 2 N–H and O–H groups in total. The number of hydrogen-bond acceptors (Lipinski definition) is 5. The summed E-state index contributed by atoms with van der Waals surface area (Å²) in [5, 5.41) is 3.26. The maximum Gasteiger partial charge on any atom is 0.261 e. The molecule has 0 spiro atoms. The Morgan fingerprint density at radius 3 is 2.62 bits per heavy atom. The van der Waals surface area contributed by atoms with E-state index in [1.54, 1.807) is 23.9 Å². The molecule has 7 heteroatoms. The Balaban J connectivity index is 1.85. The molecule has 1 aliphatic heterocycles. The molecule has 26 heavy (non-hydrogen) atoms. The lowest BCUT2D eigenvalue weighted by Crippen LogP contribution is -2.22. The normalized spacial score (nSPS) is 13.7. The average Bonchev–Trinajstić information content (AvgIpc) is 2.64. The van der Waals surface area contributed by atoms with E-state index in [-0.39, 0.29) is 4.90 Å². The Bertz CT molecular complexity index is 894. The van der Waals surface area contributed by atoms with Crippen LogP contribution in [0.25, 0.3) is 0 Å². The summed E-state index contributed by atoms with van der Waals surface area (Å²) in [6, 6.07) is 11.1. The fraction of sp³-hybridized carbons (Fsp3) is 0.368. The van der Waals surface area contributed by atoms with E-state index in [0.717, 1.165) is 47.2 Å². The van der Waals surface area contributed by atoms with E-state index in [1.165, 1.54) is 0 Å². The molecular formula is C19H25N3O2S2. The van der Waals surface area contributed by atoms with E-state index in [9.17, 15) is 8.42 Å². The zero-order valence-electron chi connectivity index (χ0n) is 15.4. The first kappa shape index (κ1) is 18.9. The number of aryl methyl sites for hydroxylation is 1. The van der Waals surface area contributed by atoms with Gasteiger partial charge >= 0.3 is 0 Å². The number of benzene rings is 2. The highest BCUT2D eigenvalue weighted by Gasteiger charge is 2.19. The first-order valence-electron chi connectivity index (χ1n) is 8.83. The zero-order valence-corrected chi connectivity index (χ0v) is 17.0. The number of nitrogens with one attached hydrogen (secondary N) is 2. The predicted molar refractivity (Wildman–Crippen MR) is 111 cm³/mol. The van der Waals surface area contributed by atoms with E-state index in [2.05, 4.69) is 28.8 Å². The maximum atomic E-state index is 12.8. The van der Waals surface area contributed by atoms with E-state index >= 15 is 0 Å². The molecule has 1 heterocycles. The van der Waals surface area contributed by atoms with Gasteiger partial charge in [-0.25, -0.2) is 8.42 Å². The van der Waals surface area contributed by atoms with Crippen LogP contribution in [0.3, 0.4) is 0 Å². The Kier molecular flexibility index (Phi) is 5.67. The largest absolute Gasteiger partial charge is 0.383 e. The summed E-state index contributed by atoms with van der Waals surface area (Å²) in [5.74, 6) is 0.995. The average molecular weight is 392 g/mol. The Morgan fingerprint density at radius 1 is 1.15 bits per heavy atom. The van der Waals surface area contributed by atoms with Crippen molar-refractivity contribution in [3.63, 3.8) is 0 Å². The van der Waals surface area contributed by atoms with Gasteiger partial charge in [0.1, 0.15) is 0 Å². The number of fused-ring (bicyclic) bond motifs is 1. The van der Waals surface area contributed by atoms with Crippen molar-refractivity contribution >= 4 is 38.8 Å². The molecule has 0 atom stereocenters. The minimum Gasteiger partial charge on any atom is -0.383 e. The van der Waals surface area contributed by atoms with Crippen LogP contribution in [0.15, 0.2) is 46.2 Å². The van der Waals surface area contributed by atoms with Gasteiger partial charge in [-0.2, -0.15) is 0 Å². The van der Waals surface area contributed by atoms with Crippen molar-refractivity contribution in [2.75, 3.05) is 40.3 Å². The fourth-order valence-corrected chi connectivity index (χ4v) is 5.07. The third-order valence-corrected chi connectivity index (χ3v) is 6.96. The number of nitrogens with zero attached hydrogens (tertiary/aromatic N) is 1. The SMILES string of the molecule is CCN(CC)c1ccc(NS(=O)(=O)c2ccc3c(c2)NCCS3)c(C)c1.